The highest BCUT2D eigenvalue weighted by Gasteiger charge is 2.45. The minimum absolute atomic E-state index is 0.126. The number of likely N-dealkylation sites (tertiary alicyclic amines) is 1. The van der Waals surface area contributed by atoms with E-state index in [1.54, 1.807) is 0 Å². The molecule has 0 aromatic carbocycles. The number of piperidine rings is 1. The largest absolute Gasteiger partial charge is 0.379 e. The molecule has 3 heteroatoms. The third-order valence-corrected chi connectivity index (χ3v) is 5.29. The summed E-state index contributed by atoms with van der Waals surface area (Å²) < 4.78 is 5.80. The molecule has 0 bridgehead atoms. The van der Waals surface area contributed by atoms with Crippen LogP contribution in [-0.4, -0.2) is 43.3 Å². The topological polar surface area (TPSA) is 38.5 Å². The quantitative estimate of drug-likeness (QED) is 0.837. The predicted molar refractivity (Wildman–Crippen MR) is 75.6 cm³/mol. The zero-order chi connectivity index (χ0) is 13.0. The molecule has 0 spiro atoms. The molecule has 3 unspecified atom stereocenters. The van der Waals surface area contributed by atoms with Crippen LogP contribution in [0.3, 0.4) is 0 Å². The average Bonchev–Trinajstić information content (AvgIpc) is 2.47. The van der Waals surface area contributed by atoms with Crippen LogP contribution in [0, 0.1) is 5.92 Å². The molecule has 1 saturated carbocycles. The van der Waals surface area contributed by atoms with Crippen molar-refractivity contribution in [1.82, 2.24) is 4.90 Å². The summed E-state index contributed by atoms with van der Waals surface area (Å²) in [6, 6.07) is 0. The van der Waals surface area contributed by atoms with E-state index in [1.165, 1.54) is 58.0 Å². The molecule has 1 heterocycles. The summed E-state index contributed by atoms with van der Waals surface area (Å²) in [5, 5.41) is 0. The van der Waals surface area contributed by atoms with Gasteiger partial charge in [0.25, 0.3) is 0 Å². The van der Waals surface area contributed by atoms with Gasteiger partial charge in [-0.3, -0.25) is 4.90 Å². The highest BCUT2D eigenvalue weighted by Crippen LogP contribution is 2.37. The standard InChI is InChI=1S/C15H30N2O/c1-3-13-7-6-10-17(11-13)15(12-16)9-5-4-8-14(15)18-2/h13-14H,3-12,16H2,1-2H3. The lowest BCUT2D eigenvalue weighted by atomic mass is 9.76. The fourth-order valence-corrected chi connectivity index (χ4v) is 4.05. The van der Waals surface area contributed by atoms with Crippen molar-refractivity contribution in [2.24, 2.45) is 11.7 Å². The fourth-order valence-electron chi connectivity index (χ4n) is 4.05. The molecule has 0 amide bonds. The summed E-state index contributed by atoms with van der Waals surface area (Å²) in [6.45, 7) is 5.51. The Bertz CT molecular complexity index is 259. The minimum Gasteiger partial charge on any atom is -0.379 e. The average molecular weight is 254 g/mol. The Labute approximate surface area is 112 Å². The van der Waals surface area contributed by atoms with Gasteiger partial charge < -0.3 is 10.5 Å². The SMILES string of the molecule is CCC1CCCN(C2(CN)CCCCC2OC)C1. The first kappa shape index (κ1) is 14.3. The van der Waals surface area contributed by atoms with Crippen LogP contribution in [-0.2, 0) is 4.74 Å². The molecule has 106 valence electrons. The van der Waals surface area contributed by atoms with E-state index in [-0.39, 0.29) is 5.54 Å². The van der Waals surface area contributed by atoms with Gasteiger partial charge in [0, 0.05) is 20.2 Å². The van der Waals surface area contributed by atoms with E-state index in [9.17, 15) is 0 Å². The van der Waals surface area contributed by atoms with Crippen molar-refractivity contribution in [1.29, 1.82) is 0 Å². The molecule has 3 atom stereocenters. The van der Waals surface area contributed by atoms with E-state index in [0.717, 1.165) is 12.5 Å². The molecule has 0 radical (unpaired) electrons. The number of methoxy groups -OCH3 is 1. The van der Waals surface area contributed by atoms with Gasteiger partial charge in [0.05, 0.1) is 11.6 Å². The molecule has 2 fully saturated rings. The Morgan fingerprint density at radius 3 is 2.78 bits per heavy atom. The molecule has 2 rings (SSSR count). The highest BCUT2D eigenvalue weighted by molar-refractivity contribution is 5.02. The Balaban J connectivity index is 2.13. The molecule has 18 heavy (non-hydrogen) atoms. The predicted octanol–water partition coefficient (Wildman–Crippen LogP) is 2.39. The molecule has 3 nitrogen and oxygen atoms in total. The summed E-state index contributed by atoms with van der Waals surface area (Å²) in [5.41, 5.74) is 6.33. The van der Waals surface area contributed by atoms with Gasteiger partial charge in [-0.05, 0) is 38.1 Å². The summed E-state index contributed by atoms with van der Waals surface area (Å²) in [4.78, 5) is 2.68. The number of nitrogens with zero attached hydrogens (tertiary/aromatic N) is 1. The molecular formula is C15H30N2O. The van der Waals surface area contributed by atoms with E-state index in [0.29, 0.717) is 6.10 Å². The molecular weight excluding hydrogens is 224 g/mol. The van der Waals surface area contributed by atoms with Crippen molar-refractivity contribution >= 4 is 0 Å². The van der Waals surface area contributed by atoms with E-state index in [4.69, 9.17) is 10.5 Å². The van der Waals surface area contributed by atoms with E-state index >= 15 is 0 Å². The van der Waals surface area contributed by atoms with Crippen LogP contribution in [0.4, 0.5) is 0 Å². The van der Waals surface area contributed by atoms with Crippen molar-refractivity contribution in [3.8, 4) is 0 Å². The van der Waals surface area contributed by atoms with E-state index in [1.807, 2.05) is 7.11 Å². The van der Waals surface area contributed by atoms with Crippen molar-refractivity contribution in [3.05, 3.63) is 0 Å². The number of hydrogen-bond donors (Lipinski definition) is 1. The summed E-state index contributed by atoms with van der Waals surface area (Å²) in [6.07, 6.45) is 9.37. The van der Waals surface area contributed by atoms with Crippen LogP contribution in [0.25, 0.3) is 0 Å². The van der Waals surface area contributed by atoms with Crippen LogP contribution in [0.2, 0.25) is 0 Å². The lowest BCUT2D eigenvalue weighted by Gasteiger charge is -2.52. The van der Waals surface area contributed by atoms with Crippen molar-refractivity contribution in [2.45, 2.75) is 63.5 Å². The maximum Gasteiger partial charge on any atom is 0.0767 e. The summed E-state index contributed by atoms with van der Waals surface area (Å²) in [7, 11) is 1.86. The normalized spacial score (nSPS) is 38.8. The smallest absolute Gasteiger partial charge is 0.0767 e. The van der Waals surface area contributed by atoms with Gasteiger partial charge in [0.1, 0.15) is 0 Å². The molecule has 1 aliphatic carbocycles. The number of hydrogen-bond acceptors (Lipinski definition) is 3. The first-order valence-electron chi connectivity index (χ1n) is 7.74. The number of nitrogens with two attached hydrogens (primary N) is 1. The first-order chi connectivity index (χ1) is 8.76. The van der Waals surface area contributed by atoms with Crippen molar-refractivity contribution in [3.63, 3.8) is 0 Å². The fraction of sp³-hybridized carbons (Fsp3) is 1.00. The molecule has 2 aliphatic rings. The Hall–Kier alpha value is -0.120. The lowest BCUT2D eigenvalue weighted by Crippen LogP contribution is -2.64. The zero-order valence-electron chi connectivity index (χ0n) is 12.2. The van der Waals surface area contributed by atoms with Gasteiger partial charge in [-0.2, -0.15) is 0 Å². The highest BCUT2D eigenvalue weighted by atomic mass is 16.5. The summed E-state index contributed by atoms with van der Waals surface area (Å²) in [5.74, 6) is 0.863. The van der Waals surface area contributed by atoms with E-state index < -0.39 is 0 Å². The summed E-state index contributed by atoms with van der Waals surface area (Å²) >= 11 is 0. The second kappa shape index (κ2) is 6.36. The van der Waals surface area contributed by atoms with Gasteiger partial charge in [0.2, 0.25) is 0 Å². The zero-order valence-corrected chi connectivity index (χ0v) is 12.2. The van der Waals surface area contributed by atoms with Gasteiger partial charge in [-0.1, -0.05) is 26.2 Å². The van der Waals surface area contributed by atoms with E-state index in [2.05, 4.69) is 11.8 Å². The van der Waals surface area contributed by atoms with Crippen LogP contribution < -0.4 is 5.73 Å². The van der Waals surface area contributed by atoms with Gasteiger partial charge in [-0.25, -0.2) is 0 Å². The van der Waals surface area contributed by atoms with Crippen molar-refractivity contribution in [2.75, 3.05) is 26.7 Å². The van der Waals surface area contributed by atoms with Gasteiger partial charge >= 0.3 is 0 Å². The number of rotatable bonds is 4. The Kier molecular flexibility index (Phi) is 5.05. The number of ether oxygens (including phenoxy) is 1. The second-order valence-electron chi connectivity index (χ2n) is 6.14. The third kappa shape index (κ3) is 2.59. The Morgan fingerprint density at radius 1 is 1.28 bits per heavy atom. The Morgan fingerprint density at radius 2 is 2.11 bits per heavy atom. The molecule has 0 aromatic heterocycles. The molecule has 2 N–H and O–H groups in total. The van der Waals surface area contributed by atoms with Crippen LogP contribution in [0.5, 0.6) is 0 Å². The maximum absolute atomic E-state index is 6.20. The third-order valence-electron chi connectivity index (χ3n) is 5.29. The monoisotopic (exact) mass is 254 g/mol. The maximum atomic E-state index is 6.20. The second-order valence-corrected chi connectivity index (χ2v) is 6.14. The first-order valence-corrected chi connectivity index (χ1v) is 7.74. The van der Waals surface area contributed by atoms with Crippen molar-refractivity contribution < 1.29 is 4.74 Å². The molecule has 1 aliphatic heterocycles. The van der Waals surface area contributed by atoms with Gasteiger partial charge in [-0.15, -0.1) is 0 Å². The molecule has 1 saturated heterocycles. The lowest BCUT2D eigenvalue weighted by molar-refractivity contribution is -0.0883. The van der Waals surface area contributed by atoms with Gasteiger partial charge in [0.15, 0.2) is 0 Å². The van der Waals surface area contributed by atoms with Crippen LogP contribution in [0.1, 0.15) is 51.9 Å². The van der Waals surface area contributed by atoms with Crippen LogP contribution >= 0.6 is 0 Å². The van der Waals surface area contributed by atoms with Crippen LogP contribution in [0.15, 0.2) is 0 Å². The minimum atomic E-state index is 0.126. The molecule has 0 aromatic rings.